The van der Waals surface area contributed by atoms with Gasteiger partial charge in [0.2, 0.25) is 94.5 Å². The SMILES string of the molecule is CC(=O)N[C@H](C(=O)N[C@H](/C=C/C(=O)N[C@H](C(=O)N1CCC[C@@H]1C(=O)NCC(=O)N[C@@H](CC(C)C)C(=O)N[C@H](/C=C/C(=O)N[C@H](C(=O)N[C@@H](C)C(=O)N1CCC[C@@H]1C(=O)NCC(=O)N[C@@H](CC(C)C)C(=O)N[C@H](C(=O)N[C@H](/C=C/C(=O)N[C@H](C(N)=O)C(C)C)Cc1ccccc1)C(C)C)C(C)C)CC(C)C)C(C)C)Cc1ccccc1)C(C)C. The summed E-state index contributed by atoms with van der Waals surface area (Å²) in [5.41, 5.74) is 7.20. The highest BCUT2D eigenvalue weighted by atomic mass is 16.2. The van der Waals surface area contributed by atoms with E-state index in [0.29, 0.717) is 25.7 Å². The topological polar surface area (TPSA) is 462 Å². The maximum atomic E-state index is 14.3. The van der Waals surface area contributed by atoms with Crippen LogP contribution in [0.15, 0.2) is 97.1 Å². The van der Waals surface area contributed by atoms with Crippen LogP contribution in [0.5, 0.6) is 0 Å². The normalized spacial score (nSPS) is 17.1. The van der Waals surface area contributed by atoms with E-state index in [2.05, 4.69) is 69.1 Å². The Morgan fingerprint density at radius 1 is 0.381 bits per heavy atom. The van der Waals surface area contributed by atoms with Gasteiger partial charge < -0.3 is 84.7 Å². The number of likely N-dealkylation sites (tertiary alicyclic amines) is 2. The molecule has 0 aromatic heterocycles. The predicted molar refractivity (Wildman–Crippen MR) is 448 cm³/mol. The van der Waals surface area contributed by atoms with E-state index >= 15 is 0 Å². The monoisotopic (exact) mass is 1650 g/mol. The van der Waals surface area contributed by atoms with Gasteiger partial charge in [-0.05, 0) is 123 Å². The average Bonchev–Trinajstić information content (AvgIpc) is 1.68. The Hall–Kier alpha value is -10.8. The van der Waals surface area contributed by atoms with Crippen LogP contribution in [0.4, 0.5) is 0 Å². The molecule has 32 heteroatoms. The van der Waals surface area contributed by atoms with E-state index in [9.17, 15) is 76.7 Å². The number of nitrogens with two attached hydrogens (primary N) is 1. The Balaban J connectivity index is 1.34. The van der Waals surface area contributed by atoms with Crippen LogP contribution >= 0.6 is 0 Å². The maximum Gasteiger partial charge on any atom is 0.246 e. The van der Waals surface area contributed by atoms with Crippen LogP contribution in [-0.2, 0) is 89.6 Å². The van der Waals surface area contributed by atoms with Crippen LogP contribution < -0.4 is 74.9 Å². The summed E-state index contributed by atoms with van der Waals surface area (Å²) in [5, 5.41) is 35.6. The van der Waals surface area contributed by atoms with Crippen molar-refractivity contribution in [2.45, 2.75) is 261 Å². The van der Waals surface area contributed by atoms with Gasteiger partial charge in [-0.1, -0.05) is 190 Å². The largest absolute Gasteiger partial charge is 0.368 e. The van der Waals surface area contributed by atoms with E-state index in [1.807, 2.05) is 102 Å². The standard InChI is InChI=1S/C86H132N16O16/c1-48(2)41-60(92-78(110)63(42-49(3)4)95-70(107)46-89-81(113)66-32-26-40-102(66)86(118)76(55(15)16)99-69(106)38-35-61(44-58-27-21-19-22-28-58)93-83(115)73(52(9)10)91-57(18)103)33-36-68(105)98-74(53(11)12)82(114)90-56(17)85(117)101-39-25-31-65(101)80(112)88-47-71(108)96-64(43-50(5)6)79(111)100-75(54(13)14)84(116)94-62(45-59-29-23-20-24-30-59)34-37-67(104)97-72(51(7)8)77(87)109/h19-24,27-30,33-38,48-56,60-66,72-76H,25-26,31-32,39-47H2,1-18H3,(H2,87,109)(H,88,112)(H,89,113)(H,90,114)(H,91,103)(H,92,110)(H,93,115)(H,94,116)(H,95,107)(H,96,108)(H,97,104)(H,98,105)(H,99,106)(H,100,111)/b36-33+,37-34+,38-35+/t56-,60+,61+,62+,63-,64-,65+,66+,72-,73-,74-,75-,76-/m0/s1. The molecule has 13 atom stereocenters. The van der Waals surface area contributed by atoms with Crippen molar-refractivity contribution in [3.05, 3.63) is 108 Å². The number of carbonyl (C=O) groups excluding carboxylic acids is 16. The lowest BCUT2D eigenvalue weighted by Gasteiger charge is -2.30. The molecule has 2 saturated heterocycles. The summed E-state index contributed by atoms with van der Waals surface area (Å²) in [4.78, 5) is 220. The molecule has 118 heavy (non-hydrogen) atoms. The highest BCUT2D eigenvalue weighted by molar-refractivity contribution is 6.00. The first-order chi connectivity index (χ1) is 55.5. The molecule has 2 aliphatic rings. The van der Waals surface area contributed by atoms with Crippen molar-refractivity contribution in [3.8, 4) is 0 Å². The van der Waals surface area contributed by atoms with Crippen LogP contribution in [0.1, 0.15) is 181 Å². The third-order valence-corrected chi connectivity index (χ3v) is 20.0. The minimum atomic E-state index is -1.19. The molecule has 0 radical (unpaired) electrons. The first kappa shape index (κ1) is 99.5. The number of nitrogens with one attached hydrogen (secondary N) is 13. The number of benzene rings is 2. The van der Waals surface area contributed by atoms with E-state index in [1.165, 1.54) is 60.1 Å². The van der Waals surface area contributed by atoms with Gasteiger partial charge in [0.05, 0.1) is 25.2 Å². The fraction of sp³-hybridized carbons (Fsp3) is 0.605. The third-order valence-electron chi connectivity index (χ3n) is 20.0. The number of hydrogen-bond acceptors (Lipinski definition) is 16. The highest BCUT2D eigenvalue weighted by Gasteiger charge is 2.41. The van der Waals surface area contributed by atoms with Gasteiger partial charge in [-0.25, -0.2) is 0 Å². The molecule has 0 aliphatic carbocycles. The number of rotatable bonds is 46. The van der Waals surface area contributed by atoms with E-state index in [1.54, 1.807) is 69.2 Å². The van der Waals surface area contributed by atoms with Crippen molar-refractivity contribution in [2.75, 3.05) is 26.2 Å². The molecule has 652 valence electrons. The van der Waals surface area contributed by atoms with Gasteiger partial charge >= 0.3 is 0 Å². The maximum absolute atomic E-state index is 14.3. The first-order valence-electron chi connectivity index (χ1n) is 41.3. The van der Waals surface area contributed by atoms with Gasteiger partial charge in [-0.3, -0.25) is 76.7 Å². The minimum Gasteiger partial charge on any atom is -0.368 e. The summed E-state index contributed by atoms with van der Waals surface area (Å²) in [5.74, 6) is -11.9. The molecule has 0 saturated carbocycles. The van der Waals surface area contributed by atoms with E-state index in [0.717, 1.165) is 11.1 Å². The summed E-state index contributed by atoms with van der Waals surface area (Å²) < 4.78 is 0. The van der Waals surface area contributed by atoms with Gasteiger partial charge in [-0.2, -0.15) is 0 Å². The fourth-order valence-electron chi connectivity index (χ4n) is 13.8. The molecule has 0 spiro atoms. The number of amides is 16. The minimum absolute atomic E-state index is 0.0134. The molecule has 32 nitrogen and oxygen atoms in total. The second kappa shape index (κ2) is 49.4. The Labute approximate surface area is 695 Å². The fourth-order valence-corrected chi connectivity index (χ4v) is 13.8. The molecular weight excluding hydrogens is 1510 g/mol. The zero-order chi connectivity index (χ0) is 88.4. The lowest BCUT2D eigenvalue weighted by Crippen LogP contribution is -2.58. The van der Waals surface area contributed by atoms with Crippen molar-refractivity contribution >= 4 is 94.5 Å². The summed E-state index contributed by atoms with van der Waals surface area (Å²) in [6, 6.07) is 5.72. The Morgan fingerprint density at radius 3 is 1.10 bits per heavy atom. The number of primary amides is 1. The van der Waals surface area contributed by atoms with E-state index in [-0.39, 0.29) is 80.7 Å². The Morgan fingerprint density at radius 2 is 0.720 bits per heavy atom. The molecule has 15 N–H and O–H groups in total. The molecule has 0 unspecified atom stereocenters. The molecule has 16 amide bonds. The van der Waals surface area contributed by atoms with Crippen LogP contribution in [0, 0.1) is 47.3 Å². The molecule has 2 heterocycles. The Bertz CT molecular complexity index is 3840. The first-order valence-corrected chi connectivity index (χ1v) is 41.3. The smallest absolute Gasteiger partial charge is 0.246 e. The zero-order valence-electron chi connectivity index (χ0n) is 72.1. The summed E-state index contributed by atoms with van der Waals surface area (Å²) in [6.07, 6.45) is 10.7. The van der Waals surface area contributed by atoms with Gasteiger partial charge in [0.15, 0.2) is 0 Å². The second-order valence-corrected chi connectivity index (χ2v) is 33.7. The molecule has 0 bridgehead atoms. The molecule has 2 fully saturated rings. The van der Waals surface area contributed by atoms with Crippen LogP contribution in [0.3, 0.4) is 0 Å². The molecule has 2 aromatic carbocycles. The molecule has 4 rings (SSSR count). The van der Waals surface area contributed by atoms with Gasteiger partial charge in [0.25, 0.3) is 0 Å². The molecule has 2 aromatic rings. The van der Waals surface area contributed by atoms with Crippen LogP contribution in [0.2, 0.25) is 0 Å². The van der Waals surface area contributed by atoms with E-state index < -0.39 is 198 Å². The van der Waals surface area contributed by atoms with Crippen LogP contribution in [-0.4, -0.2) is 209 Å². The highest BCUT2D eigenvalue weighted by Crippen LogP contribution is 2.23. The van der Waals surface area contributed by atoms with Gasteiger partial charge in [-0.15, -0.1) is 0 Å². The number of nitrogens with zero attached hydrogens (tertiary/aromatic N) is 2. The third kappa shape index (κ3) is 34.4. The average molecular weight is 1650 g/mol. The number of carbonyl (C=O) groups is 16. The van der Waals surface area contributed by atoms with Gasteiger partial charge in [0.1, 0.15) is 60.4 Å². The Kier molecular flexibility index (Phi) is 41.7. The number of hydrogen-bond donors (Lipinski definition) is 14. The molecular formula is C86H132N16O16. The quantitative estimate of drug-likeness (QED) is 0.0424. The van der Waals surface area contributed by atoms with Crippen LogP contribution in [0.25, 0.3) is 0 Å². The molecule has 2 aliphatic heterocycles. The van der Waals surface area contributed by atoms with Crippen molar-refractivity contribution < 1.29 is 76.7 Å². The van der Waals surface area contributed by atoms with Crippen molar-refractivity contribution in [2.24, 2.45) is 53.1 Å². The summed E-state index contributed by atoms with van der Waals surface area (Å²) in [7, 11) is 0. The second-order valence-electron chi connectivity index (χ2n) is 33.7. The zero-order valence-corrected chi connectivity index (χ0v) is 72.1. The van der Waals surface area contributed by atoms with Crippen molar-refractivity contribution in [1.82, 2.24) is 78.9 Å². The lowest BCUT2D eigenvalue weighted by atomic mass is 9.99. The van der Waals surface area contributed by atoms with E-state index in [4.69, 9.17) is 5.73 Å². The lowest BCUT2D eigenvalue weighted by molar-refractivity contribution is -0.142. The van der Waals surface area contributed by atoms with Gasteiger partial charge in [0, 0.05) is 44.3 Å². The summed E-state index contributed by atoms with van der Waals surface area (Å²) in [6.45, 7) is 30.6. The predicted octanol–water partition coefficient (Wildman–Crippen LogP) is 2.63. The summed E-state index contributed by atoms with van der Waals surface area (Å²) >= 11 is 0. The van der Waals surface area contributed by atoms with Crippen molar-refractivity contribution in [3.63, 3.8) is 0 Å². The van der Waals surface area contributed by atoms with Crippen molar-refractivity contribution in [1.29, 1.82) is 0 Å².